The fourth-order valence-electron chi connectivity index (χ4n) is 4.96. The first-order chi connectivity index (χ1) is 15.1. The molecular weight excluding hydrogens is 388 g/mol. The van der Waals surface area contributed by atoms with Gasteiger partial charge in [0.25, 0.3) is 0 Å². The van der Waals surface area contributed by atoms with Gasteiger partial charge in [0.1, 0.15) is 11.9 Å². The number of aromatic nitrogens is 3. The van der Waals surface area contributed by atoms with Crippen LogP contribution in [0.25, 0.3) is 27.6 Å². The Morgan fingerprint density at radius 3 is 2.87 bits per heavy atom. The molecule has 0 bridgehead atoms. The lowest BCUT2D eigenvalue weighted by molar-refractivity contribution is -0.135. The van der Waals surface area contributed by atoms with Crippen molar-refractivity contribution in [2.24, 2.45) is 0 Å². The van der Waals surface area contributed by atoms with Gasteiger partial charge in [-0.2, -0.15) is 0 Å². The molecule has 2 aromatic heterocycles. The third-order valence-corrected chi connectivity index (χ3v) is 6.80. The van der Waals surface area contributed by atoms with E-state index in [-0.39, 0.29) is 11.9 Å². The van der Waals surface area contributed by atoms with Crippen molar-refractivity contribution >= 4 is 22.3 Å². The second-order valence-corrected chi connectivity index (χ2v) is 8.93. The maximum atomic E-state index is 12.7. The Kier molecular flexibility index (Phi) is 4.25. The zero-order chi connectivity index (χ0) is 21.1. The molecule has 31 heavy (non-hydrogen) atoms. The molecule has 158 valence electrons. The molecule has 3 aromatic rings. The SMILES string of the molecule is CC1C(=O)N(C)Cc2c(-c3cccc4cc(C5=CCOCC5)ncc34)nc(C3CC3)n21. The van der Waals surface area contributed by atoms with Gasteiger partial charge in [0, 0.05) is 30.1 Å². The highest BCUT2D eigenvalue weighted by Gasteiger charge is 2.38. The molecule has 2 aliphatic heterocycles. The summed E-state index contributed by atoms with van der Waals surface area (Å²) in [5.41, 5.74) is 5.52. The predicted molar refractivity (Wildman–Crippen MR) is 120 cm³/mol. The van der Waals surface area contributed by atoms with Crippen LogP contribution in [-0.2, 0) is 16.1 Å². The van der Waals surface area contributed by atoms with E-state index in [9.17, 15) is 4.79 Å². The summed E-state index contributed by atoms with van der Waals surface area (Å²) in [5.74, 6) is 1.71. The van der Waals surface area contributed by atoms with Crippen molar-refractivity contribution in [3.05, 3.63) is 53.8 Å². The van der Waals surface area contributed by atoms with Crippen molar-refractivity contribution in [1.82, 2.24) is 19.4 Å². The van der Waals surface area contributed by atoms with Crippen molar-refractivity contribution in [3.63, 3.8) is 0 Å². The highest BCUT2D eigenvalue weighted by atomic mass is 16.5. The quantitative estimate of drug-likeness (QED) is 0.641. The Labute approximate surface area is 181 Å². The lowest BCUT2D eigenvalue weighted by Crippen LogP contribution is -2.39. The van der Waals surface area contributed by atoms with Crippen LogP contribution in [-0.4, -0.2) is 45.6 Å². The fraction of sp³-hybridized carbons (Fsp3) is 0.400. The molecule has 0 saturated heterocycles. The summed E-state index contributed by atoms with van der Waals surface area (Å²) in [4.78, 5) is 24.4. The minimum absolute atomic E-state index is 0.160. The van der Waals surface area contributed by atoms with Crippen LogP contribution in [0.15, 0.2) is 36.5 Å². The van der Waals surface area contributed by atoms with Crippen LogP contribution < -0.4 is 0 Å². The smallest absolute Gasteiger partial charge is 0.245 e. The van der Waals surface area contributed by atoms with Crippen LogP contribution in [0.4, 0.5) is 0 Å². The van der Waals surface area contributed by atoms with E-state index in [0.29, 0.717) is 19.1 Å². The molecule has 6 rings (SSSR count). The fourth-order valence-corrected chi connectivity index (χ4v) is 4.96. The number of imidazole rings is 1. The van der Waals surface area contributed by atoms with Crippen LogP contribution in [0.1, 0.15) is 55.4 Å². The van der Waals surface area contributed by atoms with E-state index in [1.165, 1.54) is 5.57 Å². The molecule has 6 nitrogen and oxygen atoms in total. The lowest BCUT2D eigenvalue weighted by Gasteiger charge is -2.31. The van der Waals surface area contributed by atoms with Gasteiger partial charge in [0.05, 0.1) is 36.8 Å². The molecule has 3 aliphatic rings. The second-order valence-electron chi connectivity index (χ2n) is 8.93. The normalized spacial score (nSPS) is 21.4. The summed E-state index contributed by atoms with van der Waals surface area (Å²) in [6.07, 6.45) is 7.33. The number of ether oxygens (including phenoxy) is 1. The second kappa shape index (κ2) is 7.02. The highest BCUT2D eigenvalue weighted by Crippen LogP contribution is 2.45. The van der Waals surface area contributed by atoms with Crippen molar-refractivity contribution < 1.29 is 9.53 Å². The zero-order valence-corrected chi connectivity index (χ0v) is 18.0. The molecule has 1 fully saturated rings. The maximum absolute atomic E-state index is 12.7. The number of fused-ring (bicyclic) bond motifs is 2. The molecule has 0 spiro atoms. The molecule has 1 atom stereocenters. The van der Waals surface area contributed by atoms with Gasteiger partial charge in [-0.1, -0.05) is 24.3 Å². The number of hydrogen-bond donors (Lipinski definition) is 0. The minimum atomic E-state index is -0.203. The van der Waals surface area contributed by atoms with Gasteiger partial charge >= 0.3 is 0 Å². The van der Waals surface area contributed by atoms with Crippen LogP contribution in [0, 0.1) is 0 Å². The number of hydrogen-bond acceptors (Lipinski definition) is 4. The van der Waals surface area contributed by atoms with Crippen LogP contribution in [0.2, 0.25) is 0 Å². The Bertz CT molecular complexity index is 1240. The molecule has 1 amide bonds. The first kappa shape index (κ1) is 18.8. The third-order valence-electron chi connectivity index (χ3n) is 6.80. The monoisotopic (exact) mass is 414 g/mol. The van der Waals surface area contributed by atoms with E-state index in [2.05, 4.69) is 34.9 Å². The molecule has 1 aliphatic carbocycles. The van der Waals surface area contributed by atoms with E-state index < -0.39 is 0 Å². The average molecular weight is 415 g/mol. The zero-order valence-electron chi connectivity index (χ0n) is 18.0. The summed E-state index contributed by atoms with van der Waals surface area (Å²) in [7, 11) is 1.88. The number of pyridine rings is 1. The van der Waals surface area contributed by atoms with E-state index in [1.54, 1.807) is 0 Å². The van der Waals surface area contributed by atoms with Gasteiger partial charge in [-0.05, 0) is 43.2 Å². The lowest BCUT2D eigenvalue weighted by atomic mass is 9.99. The predicted octanol–water partition coefficient (Wildman–Crippen LogP) is 4.31. The molecule has 1 unspecified atom stereocenters. The van der Waals surface area contributed by atoms with Crippen molar-refractivity contribution in [2.45, 2.75) is 44.7 Å². The van der Waals surface area contributed by atoms with Gasteiger partial charge in [-0.3, -0.25) is 9.78 Å². The molecule has 6 heteroatoms. The van der Waals surface area contributed by atoms with Crippen molar-refractivity contribution in [2.75, 3.05) is 20.3 Å². The summed E-state index contributed by atoms with van der Waals surface area (Å²) < 4.78 is 7.66. The number of carbonyl (C=O) groups is 1. The van der Waals surface area contributed by atoms with Crippen LogP contribution in [0.5, 0.6) is 0 Å². The number of likely N-dealkylation sites (N-methyl/N-ethyl adjacent to an activating group) is 1. The summed E-state index contributed by atoms with van der Waals surface area (Å²) in [6.45, 7) is 4.00. The van der Waals surface area contributed by atoms with E-state index in [0.717, 1.165) is 65.1 Å². The van der Waals surface area contributed by atoms with E-state index >= 15 is 0 Å². The van der Waals surface area contributed by atoms with Gasteiger partial charge < -0.3 is 14.2 Å². The highest BCUT2D eigenvalue weighted by molar-refractivity contribution is 5.97. The molecule has 0 N–H and O–H groups in total. The maximum Gasteiger partial charge on any atom is 0.245 e. The molecular formula is C25H26N4O2. The Morgan fingerprint density at radius 1 is 1.23 bits per heavy atom. The number of nitrogens with zero attached hydrogens (tertiary/aromatic N) is 4. The summed E-state index contributed by atoms with van der Waals surface area (Å²) in [5, 5.41) is 2.27. The van der Waals surface area contributed by atoms with E-state index in [4.69, 9.17) is 14.7 Å². The minimum Gasteiger partial charge on any atom is -0.377 e. The standard InChI is InChI=1S/C25H26N4O2/c1-15-25(30)28(2)14-22-23(27-24(29(15)22)17-6-7-17)19-5-3-4-18-12-21(26-13-20(18)19)16-8-10-31-11-9-16/h3-5,8,12-13,15,17H,6-7,9-11,14H2,1-2H3. The largest absolute Gasteiger partial charge is 0.377 e. The number of amides is 1. The number of benzene rings is 1. The number of rotatable bonds is 3. The van der Waals surface area contributed by atoms with E-state index in [1.807, 2.05) is 25.1 Å². The van der Waals surface area contributed by atoms with Gasteiger partial charge in [-0.15, -0.1) is 0 Å². The first-order valence-electron chi connectivity index (χ1n) is 11.1. The molecule has 4 heterocycles. The molecule has 1 saturated carbocycles. The Hall–Kier alpha value is -2.99. The van der Waals surface area contributed by atoms with Crippen molar-refractivity contribution in [3.8, 4) is 11.3 Å². The summed E-state index contributed by atoms with van der Waals surface area (Å²) >= 11 is 0. The Morgan fingerprint density at radius 2 is 2.10 bits per heavy atom. The Balaban J connectivity index is 1.51. The molecule has 0 radical (unpaired) electrons. The van der Waals surface area contributed by atoms with Gasteiger partial charge in [0.15, 0.2) is 0 Å². The first-order valence-corrected chi connectivity index (χ1v) is 11.1. The van der Waals surface area contributed by atoms with Gasteiger partial charge in [-0.25, -0.2) is 4.98 Å². The average Bonchev–Trinajstić information content (AvgIpc) is 3.58. The third kappa shape index (κ3) is 3.00. The number of carbonyl (C=O) groups excluding carboxylic acids is 1. The van der Waals surface area contributed by atoms with Gasteiger partial charge in [0.2, 0.25) is 5.91 Å². The van der Waals surface area contributed by atoms with Crippen molar-refractivity contribution in [1.29, 1.82) is 0 Å². The van der Waals surface area contributed by atoms with Crippen LogP contribution in [0.3, 0.4) is 0 Å². The molecule has 1 aromatic carbocycles. The summed E-state index contributed by atoms with van der Waals surface area (Å²) in [6, 6.07) is 8.36. The van der Waals surface area contributed by atoms with Crippen LogP contribution >= 0.6 is 0 Å². The topological polar surface area (TPSA) is 60.3 Å².